The van der Waals surface area contributed by atoms with Gasteiger partial charge in [-0.05, 0) is 25.0 Å². The molecule has 0 radical (unpaired) electrons. The Balaban J connectivity index is 1.88. The highest BCUT2D eigenvalue weighted by Gasteiger charge is 2.25. The van der Waals surface area contributed by atoms with Gasteiger partial charge in [0.25, 0.3) is 5.91 Å². The number of methoxy groups -OCH3 is 1. The van der Waals surface area contributed by atoms with Crippen molar-refractivity contribution in [2.45, 2.75) is 18.9 Å². The molecule has 1 aliphatic rings. The van der Waals surface area contributed by atoms with Gasteiger partial charge in [-0.3, -0.25) is 4.79 Å². The molecule has 2 heterocycles. The number of fused-ring (bicyclic) bond motifs is 1. The van der Waals surface area contributed by atoms with E-state index in [1.807, 2.05) is 0 Å². The summed E-state index contributed by atoms with van der Waals surface area (Å²) in [6, 6.07) is 7.19. The van der Waals surface area contributed by atoms with Crippen LogP contribution in [0.1, 0.15) is 32.9 Å². The van der Waals surface area contributed by atoms with Crippen molar-refractivity contribution in [3.63, 3.8) is 0 Å². The van der Waals surface area contributed by atoms with Crippen LogP contribution in [0.2, 0.25) is 0 Å². The number of benzene rings is 1. The summed E-state index contributed by atoms with van der Waals surface area (Å²) in [5.74, 6) is -0.537. The van der Waals surface area contributed by atoms with Crippen molar-refractivity contribution >= 4 is 45.1 Å². The van der Waals surface area contributed by atoms with Crippen molar-refractivity contribution in [3.8, 4) is 11.3 Å². The summed E-state index contributed by atoms with van der Waals surface area (Å²) in [6.07, 6.45) is 2.15. The maximum atomic E-state index is 11.7. The van der Waals surface area contributed by atoms with Crippen LogP contribution in [0.15, 0.2) is 24.3 Å². The highest BCUT2D eigenvalue weighted by molar-refractivity contribution is 7.21. The molecule has 138 valence electrons. The van der Waals surface area contributed by atoms with Crippen LogP contribution in [0, 0.1) is 0 Å². The van der Waals surface area contributed by atoms with E-state index in [-0.39, 0.29) is 10.6 Å². The SMILES string of the molecule is COC(=O)c1ccc(-c2nc(NC3CC3)nc3sc(C(N)=O)c(N)c23)cc1. The van der Waals surface area contributed by atoms with Gasteiger partial charge in [0, 0.05) is 11.6 Å². The third kappa shape index (κ3) is 3.17. The lowest BCUT2D eigenvalue weighted by Gasteiger charge is -2.09. The van der Waals surface area contributed by atoms with Crippen molar-refractivity contribution in [3.05, 3.63) is 34.7 Å². The van der Waals surface area contributed by atoms with E-state index < -0.39 is 11.9 Å². The van der Waals surface area contributed by atoms with Crippen LogP contribution in [0.5, 0.6) is 0 Å². The largest absolute Gasteiger partial charge is 0.465 e. The fourth-order valence-electron chi connectivity index (χ4n) is 2.77. The molecule has 1 aromatic carbocycles. The number of hydrogen-bond acceptors (Lipinski definition) is 8. The number of thiophene rings is 1. The Morgan fingerprint density at radius 1 is 1.22 bits per heavy atom. The quantitative estimate of drug-likeness (QED) is 0.576. The third-order valence-corrected chi connectivity index (χ3v) is 5.42. The Hall–Kier alpha value is -3.20. The van der Waals surface area contributed by atoms with Gasteiger partial charge in [0.2, 0.25) is 5.95 Å². The number of carbonyl (C=O) groups excluding carboxylic acids is 2. The number of hydrogen-bond donors (Lipinski definition) is 3. The average molecular weight is 383 g/mol. The van der Waals surface area contributed by atoms with Crippen LogP contribution in [0.3, 0.4) is 0 Å². The lowest BCUT2D eigenvalue weighted by molar-refractivity contribution is 0.0600. The maximum Gasteiger partial charge on any atom is 0.337 e. The molecule has 27 heavy (non-hydrogen) atoms. The fraction of sp³-hybridized carbons (Fsp3) is 0.222. The number of ether oxygens (including phenoxy) is 1. The first-order valence-corrected chi connectivity index (χ1v) is 9.14. The topological polar surface area (TPSA) is 133 Å². The van der Waals surface area contributed by atoms with E-state index in [0.717, 1.165) is 29.7 Å². The summed E-state index contributed by atoms with van der Waals surface area (Å²) in [5.41, 5.74) is 13.6. The Labute approximate surface area is 158 Å². The molecule has 0 bridgehead atoms. The lowest BCUT2D eigenvalue weighted by atomic mass is 10.1. The molecule has 0 unspecified atom stereocenters. The van der Waals surface area contributed by atoms with Gasteiger partial charge in [-0.25, -0.2) is 14.8 Å². The zero-order chi connectivity index (χ0) is 19.1. The van der Waals surface area contributed by atoms with E-state index in [1.54, 1.807) is 24.3 Å². The number of nitrogen functional groups attached to an aromatic ring is 1. The number of nitrogens with two attached hydrogens (primary N) is 2. The van der Waals surface area contributed by atoms with E-state index >= 15 is 0 Å². The molecule has 0 aliphatic heterocycles. The normalized spacial score (nSPS) is 13.5. The molecule has 9 heteroatoms. The van der Waals surface area contributed by atoms with Gasteiger partial charge in [-0.15, -0.1) is 11.3 Å². The van der Waals surface area contributed by atoms with Crippen molar-refractivity contribution in [2.75, 3.05) is 18.2 Å². The standard InChI is InChI=1S/C18H17N5O3S/c1-26-17(25)9-4-2-8(3-5-9)13-11-12(19)14(15(20)24)27-16(11)23-18(22-13)21-10-6-7-10/h2-5,10H,6-7,19H2,1H3,(H2,20,24)(H,21,22,23). The number of esters is 1. The minimum Gasteiger partial charge on any atom is -0.465 e. The van der Waals surface area contributed by atoms with Crippen LogP contribution in [-0.2, 0) is 4.74 Å². The molecule has 1 aliphatic carbocycles. The second-order valence-corrected chi connectivity index (χ2v) is 7.27. The van der Waals surface area contributed by atoms with Crippen LogP contribution in [0.25, 0.3) is 21.5 Å². The van der Waals surface area contributed by atoms with Gasteiger partial charge >= 0.3 is 5.97 Å². The number of aromatic nitrogens is 2. The van der Waals surface area contributed by atoms with E-state index in [0.29, 0.717) is 33.5 Å². The average Bonchev–Trinajstić information content (AvgIpc) is 3.41. The zero-order valence-corrected chi connectivity index (χ0v) is 15.3. The molecule has 0 atom stereocenters. The summed E-state index contributed by atoms with van der Waals surface area (Å²) in [6.45, 7) is 0. The summed E-state index contributed by atoms with van der Waals surface area (Å²) >= 11 is 1.15. The molecular weight excluding hydrogens is 366 g/mol. The second-order valence-electron chi connectivity index (χ2n) is 6.27. The molecule has 1 amide bonds. The van der Waals surface area contributed by atoms with Crippen molar-refractivity contribution in [1.29, 1.82) is 0 Å². The molecule has 3 aromatic rings. The minimum absolute atomic E-state index is 0.260. The van der Waals surface area contributed by atoms with Gasteiger partial charge in [0.05, 0.1) is 29.4 Å². The van der Waals surface area contributed by atoms with Crippen LogP contribution in [0.4, 0.5) is 11.6 Å². The number of primary amides is 1. The third-order valence-electron chi connectivity index (χ3n) is 4.30. The number of nitrogens with zero attached hydrogens (tertiary/aromatic N) is 2. The molecule has 4 rings (SSSR count). The number of nitrogens with one attached hydrogen (secondary N) is 1. The zero-order valence-electron chi connectivity index (χ0n) is 14.5. The first kappa shape index (κ1) is 17.2. The molecular formula is C18H17N5O3S. The Kier molecular flexibility index (Phi) is 4.15. The van der Waals surface area contributed by atoms with Crippen LogP contribution in [-0.4, -0.2) is 35.0 Å². The van der Waals surface area contributed by atoms with E-state index in [2.05, 4.69) is 15.3 Å². The van der Waals surface area contributed by atoms with E-state index in [9.17, 15) is 9.59 Å². The number of amides is 1. The Morgan fingerprint density at radius 2 is 1.93 bits per heavy atom. The Morgan fingerprint density at radius 3 is 2.52 bits per heavy atom. The molecule has 0 spiro atoms. The van der Waals surface area contributed by atoms with Gasteiger partial charge in [-0.2, -0.15) is 0 Å². The van der Waals surface area contributed by atoms with Gasteiger partial charge in [0.1, 0.15) is 9.71 Å². The van der Waals surface area contributed by atoms with Crippen molar-refractivity contribution < 1.29 is 14.3 Å². The lowest BCUT2D eigenvalue weighted by Crippen LogP contribution is -2.10. The predicted molar refractivity (Wildman–Crippen MR) is 104 cm³/mol. The number of rotatable bonds is 5. The monoisotopic (exact) mass is 383 g/mol. The highest BCUT2D eigenvalue weighted by Crippen LogP contribution is 2.39. The smallest absolute Gasteiger partial charge is 0.337 e. The maximum absolute atomic E-state index is 11.7. The number of anilines is 2. The summed E-state index contributed by atoms with van der Waals surface area (Å²) in [4.78, 5) is 33.3. The molecule has 5 N–H and O–H groups in total. The molecule has 0 saturated heterocycles. The molecule has 1 saturated carbocycles. The molecule has 8 nitrogen and oxygen atoms in total. The van der Waals surface area contributed by atoms with Gasteiger partial charge < -0.3 is 21.5 Å². The van der Waals surface area contributed by atoms with E-state index in [4.69, 9.17) is 16.2 Å². The fourth-order valence-corrected chi connectivity index (χ4v) is 3.72. The van der Waals surface area contributed by atoms with Gasteiger partial charge in [0.15, 0.2) is 0 Å². The summed E-state index contributed by atoms with van der Waals surface area (Å²) < 4.78 is 4.73. The Bertz CT molecular complexity index is 1060. The van der Waals surface area contributed by atoms with E-state index in [1.165, 1.54) is 7.11 Å². The predicted octanol–water partition coefficient (Wildman–Crippen LogP) is 2.40. The molecule has 1 fully saturated rings. The summed E-state index contributed by atoms with van der Waals surface area (Å²) in [7, 11) is 1.33. The van der Waals surface area contributed by atoms with Crippen LogP contribution < -0.4 is 16.8 Å². The highest BCUT2D eigenvalue weighted by atomic mass is 32.1. The molecule has 2 aromatic heterocycles. The number of carbonyl (C=O) groups is 2. The van der Waals surface area contributed by atoms with Crippen molar-refractivity contribution in [2.24, 2.45) is 5.73 Å². The summed E-state index contributed by atoms with van der Waals surface area (Å²) in [5, 5.41) is 3.85. The minimum atomic E-state index is -0.598. The first-order valence-electron chi connectivity index (χ1n) is 8.33. The van der Waals surface area contributed by atoms with Crippen molar-refractivity contribution in [1.82, 2.24) is 9.97 Å². The second kappa shape index (κ2) is 6.51. The van der Waals surface area contributed by atoms with Gasteiger partial charge in [-0.1, -0.05) is 12.1 Å². The van der Waals surface area contributed by atoms with Crippen LogP contribution >= 0.6 is 11.3 Å². The first-order chi connectivity index (χ1) is 13.0.